The van der Waals surface area contributed by atoms with Crippen molar-refractivity contribution in [2.75, 3.05) is 31.1 Å². The molecule has 1 aliphatic rings. The van der Waals surface area contributed by atoms with E-state index in [-0.39, 0.29) is 0 Å². The summed E-state index contributed by atoms with van der Waals surface area (Å²) in [5.41, 5.74) is 4.52. The van der Waals surface area contributed by atoms with E-state index in [2.05, 4.69) is 81.1 Å². The number of anilines is 1. The standard InChI is InChI=1S/C22H35N3O2Si/c1-16(2)28(17(3)4,18(5)6)25-10-9-19-15-20(7-8-21(19)25)23-11-13-24(14-12-23)22(26)27/h7-10,15-18H,11-14H2,1-6H3,(H,26,27). The summed E-state index contributed by atoms with van der Waals surface area (Å²) in [4.78, 5) is 14.9. The average Bonchev–Trinajstić information content (AvgIpc) is 3.05. The lowest BCUT2D eigenvalue weighted by atomic mass is 10.2. The number of nitrogens with zero attached hydrogens (tertiary/aromatic N) is 3. The van der Waals surface area contributed by atoms with E-state index in [0.29, 0.717) is 29.7 Å². The number of hydrogen-bond acceptors (Lipinski definition) is 2. The van der Waals surface area contributed by atoms with Crippen molar-refractivity contribution in [2.24, 2.45) is 0 Å². The monoisotopic (exact) mass is 401 g/mol. The summed E-state index contributed by atoms with van der Waals surface area (Å²) >= 11 is 0. The molecule has 0 radical (unpaired) electrons. The molecule has 0 spiro atoms. The lowest BCUT2D eigenvalue weighted by Crippen LogP contribution is -2.51. The number of hydrogen-bond donors (Lipinski definition) is 1. The third kappa shape index (κ3) is 3.32. The van der Waals surface area contributed by atoms with Crippen LogP contribution in [0.4, 0.5) is 10.5 Å². The molecule has 154 valence electrons. The summed E-state index contributed by atoms with van der Waals surface area (Å²) in [7, 11) is -1.76. The molecular formula is C22H35N3O2Si. The van der Waals surface area contributed by atoms with Gasteiger partial charge in [-0.1, -0.05) is 41.5 Å². The van der Waals surface area contributed by atoms with Crippen LogP contribution in [0, 0.1) is 0 Å². The second-order valence-electron chi connectivity index (χ2n) is 9.04. The zero-order chi connectivity index (χ0) is 20.6. The Hall–Kier alpha value is -1.95. The molecule has 3 rings (SSSR count). The van der Waals surface area contributed by atoms with Gasteiger partial charge in [0.05, 0.1) is 0 Å². The minimum Gasteiger partial charge on any atom is -0.465 e. The van der Waals surface area contributed by atoms with Gasteiger partial charge in [-0.2, -0.15) is 0 Å². The number of benzene rings is 1. The molecule has 0 saturated carbocycles. The summed E-state index contributed by atoms with van der Waals surface area (Å²) < 4.78 is 2.65. The summed E-state index contributed by atoms with van der Waals surface area (Å²) in [5, 5.41) is 10.4. The average molecular weight is 402 g/mol. The smallest absolute Gasteiger partial charge is 0.407 e. The van der Waals surface area contributed by atoms with E-state index >= 15 is 0 Å². The first-order chi connectivity index (χ1) is 13.2. The van der Waals surface area contributed by atoms with Crippen LogP contribution in [0.1, 0.15) is 41.5 Å². The normalized spacial score (nSPS) is 16.0. The largest absolute Gasteiger partial charge is 0.465 e. The molecule has 2 aromatic rings. The Kier molecular flexibility index (Phi) is 5.80. The topological polar surface area (TPSA) is 48.7 Å². The lowest BCUT2D eigenvalue weighted by molar-refractivity contribution is 0.142. The fourth-order valence-corrected chi connectivity index (χ4v) is 12.3. The maximum atomic E-state index is 11.1. The Bertz CT molecular complexity index is 814. The molecule has 1 saturated heterocycles. The van der Waals surface area contributed by atoms with Gasteiger partial charge in [-0.3, -0.25) is 0 Å². The number of fused-ring (bicyclic) bond motifs is 1. The minimum atomic E-state index is -1.76. The van der Waals surface area contributed by atoms with Crippen molar-refractivity contribution in [1.82, 2.24) is 9.13 Å². The number of rotatable bonds is 5. The van der Waals surface area contributed by atoms with Crippen LogP contribution in [0.2, 0.25) is 16.6 Å². The molecule has 2 heterocycles. The maximum absolute atomic E-state index is 11.1. The van der Waals surface area contributed by atoms with Gasteiger partial charge >= 0.3 is 6.09 Å². The van der Waals surface area contributed by atoms with Crippen molar-refractivity contribution in [3.8, 4) is 0 Å². The molecule has 1 aromatic heterocycles. The van der Waals surface area contributed by atoms with Crippen molar-refractivity contribution in [2.45, 2.75) is 58.2 Å². The van der Waals surface area contributed by atoms with Gasteiger partial charge in [-0.25, -0.2) is 4.79 Å². The fraction of sp³-hybridized carbons (Fsp3) is 0.591. The predicted molar refractivity (Wildman–Crippen MR) is 120 cm³/mol. The molecule has 1 amide bonds. The van der Waals surface area contributed by atoms with Crippen molar-refractivity contribution in [1.29, 1.82) is 0 Å². The van der Waals surface area contributed by atoms with Gasteiger partial charge in [0.1, 0.15) is 0 Å². The minimum absolute atomic E-state index is 0.568. The van der Waals surface area contributed by atoms with Gasteiger partial charge in [-0.05, 0) is 47.1 Å². The first-order valence-electron chi connectivity index (χ1n) is 10.5. The quantitative estimate of drug-likeness (QED) is 0.676. The highest BCUT2D eigenvalue weighted by Gasteiger charge is 2.45. The highest BCUT2D eigenvalue weighted by Crippen LogP contribution is 2.44. The predicted octanol–water partition coefficient (Wildman–Crippen LogP) is 5.46. The van der Waals surface area contributed by atoms with Crippen LogP contribution in [0.5, 0.6) is 0 Å². The summed E-state index contributed by atoms with van der Waals surface area (Å²) in [5.74, 6) is 0. The van der Waals surface area contributed by atoms with Crippen LogP contribution < -0.4 is 4.90 Å². The zero-order valence-corrected chi connectivity index (χ0v) is 19.1. The number of amides is 1. The van der Waals surface area contributed by atoms with E-state index in [4.69, 9.17) is 5.11 Å². The van der Waals surface area contributed by atoms with Crippen LogP contribution in [-0.4, -0.2) is 54.7 Å². The van der Waals surface area contributed by atoms with Gasteiger partial charge in [0.2, 0.25) is 0 Å². The Balaban J connectivity index is 1.96. The number of aromatic nitrogens is 1. The SMILES string of the molecule is CC(C)[Si](C(C)C)(C(C)C)n1ccc2cc(N3CCN(C(=O)O)CC3)ccc21. The zero-order valence-electron chi connectivity index (χ0n) is 18.1. The molecule has 0 bridgehead atoms. The van der Waals surface area contributed by atoms with Gasteiger partial charge in [0.15, 0.2) is 8.24 Å². The van der Waals surface area contributed by atoms with Crippen LogP contribution in [0.15, 0.2) is 30.5 Å². The van der Waals surface area contributed by atoms with Crippen molar-refractivity contribution in [3.63, 3.8) is 0 Å². The first kappa shape index (κ1) is 20.8. The third-order valence-electron chi connectivity index (χ3n) is 6.78. The second-order valence-corrected chi connectivity index (χ2v) is 14.8. The van der Waals surface area contributed by atoms with Crippen LogP contribution in [-0.2, 0) is 0 Å². The maximum Gasteiger partial charge on any atom is 0.407 e. The molecule has 1 fully saturated rings. The number of carboxylic acid groups (broad SMARTS) is 1. The molecule has 1 aromatic carbocycles. The van der Waals surface area contributed by atoms with Crippen LogP contribution >= 0.6 is 0 Å². The van der Waals surface area contributed by atoms with Gasteiger partial charge < -0.3 is 19.1 Å². The van der Waals surface area contributed by atoms with E-state index in [0.717, 1.165) is 13.1 Å². The van der Waals surface area contributed by atoms with E-state index in [9.17, 15) is 4.79 Å². The second kappa shape index (κ2) is 7.82. The van der Waals surface area contributed by atoms with Gasteiger partial charge in [0.25, 0.3) is 0 Å². The van der Waals surface area contributed by atoms with Crippen molar-refractivity contribution in [3.05, 3.63) is 30.5 Å². The molecule has 28 heavy (non-hydrogen) atoms. The Morgan fingerprint density at radius 1 is 0.929 bits per heavy atom. The molecule has 1 N–H and O–H groups in total. The van der Waals surface area contributed by atoms with E-state index in [1.54, 1.807) is 0 Å². The molecule has 1 aliphatic heterocycles. The highest BCUT2D eigenvalue weighted by atomic mass is 28.3. The molecular weight excluding hydrogens is 366 g/mol. The van der Waals surface area contributed by atoms with E-state index in [1.165, 1.54) is 21.5 Å². The lowest BCUT2D eigenvalue weighted by Gasteiger charge is -2.44. The van der Waals surface area contributed by atoms with Gasteiger partial charge in [0, 0.05) is 42.8 Å². The van der Waals surface area contributed by atoms with E-state index in [1.807, 2.05) is 0 Å². The third-order valence-corrected chi connectivity index (χ3v) is 13.6. The highest BCUT2D eigenvalue weighted by molar-refractivity contribution is 6.82. The summed E-state index contributed by atoms with van der Waals surface area (Å²) in [6, 6.07) is 9.04. The van der Waals surface area contributed by atoms with Gasteiger partial charge in [-0.15, -0.1) is 0 Å². The molecule has 0 atom stereocenters. The fourth-order valence-electron chi connectivity index (χ4n) is 5.65. The molecule has 0 unspecified atom stereocenters. The Morgan fingerprint density at radius 2 is 1.50 bits per heavy atom. The number of piperazine rings is 1. The van der Waals surface area contributed by atoms with E-state index < -0.39 is 14.3 Å². The summed E-state index contributed by atoms with van der Waals surface area (Å²) in [6.45, 7) is 17.0. The molecule has 0 aliphatic carbocycles. The molecule has 6 heteroatoms. The van der Waals surface area contributed by atoms with Crippen LogP contribution in [0.3, 0.4) is 0 Å². The van der Waals surface area contributed by atoms with Crippen molar-refractivity contribution >= 4 is 30.9 Å². The van der Waals surface area contributed by atoms with Crippen LogP contribution in [0.25, 0.3) is 10.9 Å². The Morgan fingerprint density at radius 3 is 2.00 bits per heavy atom. The summed E-state index contributed by atoms with van der Waals surface area (Å²) in [6.07, 6.45) is 1.51. The Labute approximate surface area is 170 Å². The number of carbonyl (C=O) groups is 1. The van der Waals surface area contributed by atoms with Crippen molar-refractivity contribution < 1.29 is 9.90 Å². The molecule has 5 nitrogen and oxygen atoms in total. The first-order valence-corrected chi connectivity index (χ1v) is 12.7.